The Labute approximate surface area is 175 Å². The Kier molecular flexibility index (Phi) is 5.84. The molecule has 2 aromatic rings. The van der Waals surface area contributed by atoms with E-state index in [1.54, 1.807) is 24.3 Å². The highest BCUT2D eigenvalue weighted by Crippen LogP contribution is 2.33. The second-order valence-electron chi connectivity index (χ2n) is 7.58. The van der Waals surface area contributed by atoms with Gasteiger partial charge in [-0.1, -0.05) is 12.1 Å². The first-order chi connectivity index (χ1) is 14.6. The molecule has 2 heterocycles. The number of hydrogen-bond donors (Lipinski definition) is 1. The molecule has 0 unspecified atom stereocenters. The van der Waals surface area contributed by atoms with Crippen molar-refractivity contribution in [3.8, 4) is 11.8 Å². The number of hydrogen-bond acceptors (Lipinski definition) is 5. The highest BCUT2D eigenvalue weighted by Gasteiger charge is 2.34. The van der Waals surface area contributed by atoms with E-state index in [1.165, 1.54) is 0 Å². The lowest BCUT2D eigenvalue weighted by molar-refractivity contribution is -0.139. The van der Waals surface area contributed by atoms with Crippen molar-refractivity contribution in [2.24, 2.45) is 0 Å². The highest BCUT2D eigenvalue weighted by atomic mass is 16.5. The second-order valence-corrected chi connectivity index (χ2v) is 7.58. The number of para-hydroxylation sites is 2. The van der Waals surface area contributed by atoms with Crippen LogP contribution >= 0.6 is 0 Å². The van der Waals surface area contributed by atoms with Crippen molar-refractivity contribution in [2.45, 2.75) is 25.4 Å². The van der Waals surface area contributed by atoms with Crippen molar-refractivity contribution in [1.82, 2.24) is 4.90 Å². The van der Waals surface area contributed by atoms with E-state index >= 15 is 0 Å². The zero-order chi connectivity index (χ0) is 20.9. The summed E-state index contributed by atoms with van der Waals surface area (Å²) in [5, 5.41) is 11.7. The molecule has 7 nitrogen and oxygen atoms in total. The number of carbonyl (C=O) groups excluding carboxylic acids is 2. The second kappa shape index (κ2) is 8.87. The summed E-state index contributed by atoms with van der Waals surface area (Å²) in [7, 11) is 0. The van der Waals surface area contributed by atoms with Crippen LogP contribution in [0.4, 0.5) is 11.4 Å². The molecule has 2 aromatic carbocycles. The van der Waals surface area contributed by atoms with Gasteiger partial charge in [-0.25, -0.2) is 0 Å². The number of benzene rings is 2. The smallest absolute Gasteiger partial charge is 0.265 e. The Balaban J connectivity index is 1.47. The number of fused-ring (bicyclic) bond motifs is 1. The van der Waals surface area contributed by atoms with Gasteiger partial charge in [0.25, 0.3) is 5.91 Å². The van der Waals surface area contributed by atoms with Crippen molar-refractivity contribution in [3.63, 3.8) is 0 Å². The van der Waals surface area contributed by atoms with Crippen LogP contribution in [0.5, 0.6) is 5.75 Å². The standard InChI is InChI=1S/C23H24N4O3/c24-14-17-8-10-18(11-9-17)25-22(28)16-27-15-21(23(29)26-12-4-1-5-13-26)30-20-7-3-2-6-19(20)27/h2-3,6-11,21H,1,4-5,12-13,15-16H2,(H,25,28)/t21-/m0/s1. The first-order valence-electron chi connectivity index (χ1n) is 10.2. The van der Waals surface area contributed by atoms with Crippen molar-refractivity contribution < 1.29 is 14.3 Å². The van der Waals surface area contributed by atoms with Gasteiger partial charge >= 0.3 is 0 Å². The van der Waals surface area contributed by atoms with Crippen LogP contribution in [-0.4, -0.2) is 49.0 Å². The third-order valence-electron chi connectivity index (χ3n) is 5.44. The van der Waals surface area contributed by atoms with Crippen LogP contribution in [0.15, 0.2) is 48.5 Å². The zero-order valence-corrected chi connectivity index (χ0v) is 16.7. The first-order valence-corrected chi connectivity index (χ1v) is 10.2. The lowest BCUT2D eigenvalue weighted by Gasteiger charge is -2.38. The van der Waals surface area contributed by atoms with E-state index in [-0.39, 0.29) is 18.4 Å². The molecule has 2 amide bonds. The summed E-state index contributed by atoms with van der Waals surface area (Å²) >= 11 is 0. The number of nitriles is 1. The predicted molar refractivity (Wildman–Crippen MR) is 113 cm³/mol. The fourth-order valence-electron chi connectivity index (χ4n) is 3.91. The molecular weight excluding hydrogens is 380 g/mol. The van der Waals surface area contributed by atoms with Gasteiger partial charge in [0.2, 0.25) is 5.91 Å². The van der Waals surface area contributed by atoms with Crippen molar-refractivity contribution >= 4 is 23.2 Å². The van der Waals surface area contributed by atoms with Gasteiger partial charge in [-0.2, -0.15) is 5.26 Å². The Hall–Kier alpha value is -3.53. The maximum absolute atomic E-state index is 13.0. The Morgan fingerprint density at radius 1 is 1.07 bits per heavy atom. The van der Waals surface area contributed by atoms with Crippen molar-refractivity contribution in [3.05, 3.63) is 54.1 Å². The van der Waals surface area contributed by atoms with Gasteiger partial charge in [-0.05, 0) is 55.7 Å². The van der Waals surface area contributed by atoms with Gasteiger partial charge < -0.3 is 19.9 Å². The summed E-state index contributed by atoms with van der Waals surface area (Å²) in [6.07, 6.45) is 2.57. The SMILES string of the molecule is N#Cc1ccc(NC(=O)CN2C[C@@H](C(=O)N3CCCCC3)Oc3ccccc32)cc1. The average molecular weight is 404 g/mol. The molecule has 1 atom stereocenters. The molecule has 0 bridgehead atoms. The molecular formula is C23H24N4O3. The average Bonchev–Trinajstić information content (AvgIpc) is 2.79. The predicted octanol–water partition coefficient (Wildman–Crippen LogP) is 2.78. The van der Waals surface area contributed by atoms with Crippen molar-refractivity contribution in [1.29, 1.82) is 5.26 Å². The molecule has 1 fully saturated rings. The molecule has 1 N–H and O–H groups in total. The summed E-state index contributed by atoms with van der Waals surface area (Å²) in [6.45, 7) is 1.95. The Morgan fingerprint density at radius 3 is 2.53 bits per heavy atom. The van der Waals surface area contributed by atoms with Crippen LogP contribution in [0.1, 0.15) is 24.8 Å². The van der Waals surface area contributed by atoms with E-state index in [2.05, 4.69) is 11.4 Å². The normalized spacial score (nSPS) is 18.0. The fourth-order valence-corrected chi connectivity index (χ4v) is 3.91. The molecule has 0 radical (unpaired) electrons. The number of nitrogens with one attached hydrogen (secondary N) is 1. The van der Waals surface area contributed by atoms with Gasteiger partial charge in [0.05, 0.1) is 30.4 Å². The zero-order valence-electron chi connectivity index (χ0n) is 16.7. The maximum atomic E-state index is 13.0. The molecule has 2 aliphatic heterocycles. The number of likely N-dealkylation sites (tertiary alicyclic amines) is 1. The topological polar surface area (TPSA) is 85.7 Å². The number of carbonyl (C=O) groups is 2. The number of ether oxygens (including phenoxy) is 1. The van der Waals surface area contributed by atoms with Crippen LogP contribution in [0, 0.1) is 11.3 Å². The highest BCUT2D eigenvalue weighted by molar-refractivity contribution is 5.95. The first kappa shape index (κ1) is 19.8. The summed E-state index contributed by atoms with van der Waals surface area (Å²) in [4.78, 5) is 29.4. The number of piperidine rings is 1. The molecule has 7 heteroatoms. The molecule has 0 spiro atoms. The summed E-state index contributed by atoms with van der Waals surface area (Å²) in [5.74, 6) is 0.410. The van der Waals surface area contributed by atoms with Gasteiger partial charge in [-0.15, -0.1) is 0 Å². The van der Waals surface area contributed by atoms with Gasteiger partial charge in [0.1, 0.15) is 5.75 Å². The minimum absolute atomic E-state index is 0.0123. The summed E-state index contributed by atoms with van der Waals surface area (Å²) in [5.41, 5.74) is 1.96. The Morgan fingerprint density at radius 2 is 1.80 bits per heavy atom. The molecule has 154 valence electrons. The van der Waals surface area contributed by atoms with Crippen molar-refractivity contribution in [2.75, 3.05) is 36.4 Å². The van der Waals surface area contributed by atoms with Crippen LogP contribution in [0.2, 0.25) is 0 Å². The van der Waals surface area contributed by atoms with Crippen LogP contribution in [0.3, 0.4) is 0 Å². The van der Waals surface area contributed by atoms with Gasteiger partial charge in [0, 0.05) is 18.8 Å². The van der Waals surface area contributed by atoms with Crippen LogP contribution < -0.4 is 15.0 Å². The minimum Gasteiger partial charge on any atom is -0.477 e. The fraction of sp³-hybridized carbons (Fsp3) is 0.348. The largest absolute Gasteiger partial charge is 0.477 e. The molecule has 30 heavy (non-hydrogen) atoms. The number of rotatable bonds is 4. The van der Waals surface area contributed by atoms with Gasteiger partial charge in [-0.3, -0.25) is 9.59 Å². The quantitative estimate of drug-likeness (QED) is 0.847. The third-order valence-corrected chi connectivity index (χ3v) is 5.44. The van der Waals surface area contributed by atoms with Crippen LogP contribution in [-0.2, 0) is 9.59 Å². The lowest BCUT2D eigenvalue weighted by Crippen LogP contribution is -2.52. The summed E-state index contributed by atoms with van der Waals surface area (Å²) in [6, 6.07) is 16.3. The number of amides is 2. The molecule has 0 aromatic heterocycles. The monoisotopic (exact) mass is 404 g/mol. The number of anilines is 2. The van der Waals surface area contributed by atoms with Crippen LogP contribution in [0.25, 0.3) is 0 Å². The van der Waals surface area contributed by atoms with E-state index in [1.807, 2.05) is 34.1 Å². The molecule has 0 saturated carbocycles. The lowest BCUT2D eigenvalue weighted by atomic mass is 10.1. The minimum atomic E-state index is -0.624. The Bertz CT molecular complexity index is 961. The molecule has 2 aliphatic rings. The van der Waals surface area contributed by atoms with E-state index in [0.29, 0.717) is 23.5 Å². The summed E-state index contributed by atoms with van der Waals surface area (Å²) < 4.78 is 6.01. The molecule has 0 aliphatic carbocycles. The van der Waals surface area contributed by atoms with Gasteiger partial charge in [0.15, 0.2) is 6.10 Å². The van der Waals surface area contributed by atoms with E-state index in [0.717, 1.165) is 38.0 Å². The molecule has 1 saturated heterocycles. The van der Waals surface area contributed by atoms with E-state index in [9.17, 15) is 9.59 Å². The van der Waals surface area contributed by atoms with E-state index in [4.69, 9.17) is 10.00 Å². The molecule has 4 rings (SSSR count). The maximum Gasteiger partial charge on any atom is 0.265 e. The third kappa shape index (κ3) is 4.38. The van der Waals surface area contributed by atoms with E-state index < -0.39 is 6.10 Å². The number of nitrogens with zero attached hydrogens (tertiary/aromatic N) is 3.